The summed E-state index contributed by atoms with van der Waals surface area (Å²) >= 11 is 0. The molecule has 0 heterocycles. The molecule has 0 amide bonds. The van der Waals surface area contributed by atoms with Crippen molar-refractivity contribution in [2.24, 2.45) is 0 Å². The van der Waals surface area contributed by atoms with Gasteiger partial charge in [0.1, 0.15) is 0 Å². The summed E-state index contributed by atoms with van der Waals surface area (Å²) in [5.41, 5.74) is 3.87. The standard InChI is InChI=1S/C16H23O/c1-4-5-6-9-17-10-7-8-16-12-14(2)11-15(3)13-16/h7-8,11-13H,1,4-6,9-10H2,2-3H3/b8-7+. The van der Waals surface area contributed by atoms with Crippen LogP contribution in [0.1, 0.15) is 36.0 Å². The molecular weight excluding hydrogens is 208 g/mol. The minimum Gasteiger partial charge on any atom is -0.377 e. The van der Waals surface area contributed by atoms with E-state index in [0.29, 0.717) is 6.61 Å². The molecule has 93 valence electrons. The summed E-state index contributed by atoms with van der Waals surface area (Å²) in [6.07, 6.45) is 7.48. The molecule has 1 nitrogen and oxygen atoms in total. The summed E-state index contributed by atoms with van der Waals surface area (Å²) in [6, 6.07) is 6.56. The predicted molar refractivity (Wildman–Crippen MR) is 75.0 cm³/mol. The molecule has 0 aliphatic rings. The number of ether oxygens (including phenoxy) is 1. The van der Waals surface area contributed by atoms with Crippen LogP contribution in [-0.4, -0.2) is 13.2 Å². The summed E-state index contributed by atoms with van der Waals surface area (Å²) in [4.78, 5) is 0. The summed E-state index contributed by atoms with van der Waals surface area (Å²) in [5.74, 6) is 0. The number of aryl methyl sites for hydroxylation is 2. The Balaban J connectivity index is 2.28. The Morgan fingerprint density at radius 1 is 1.12 bits per heavy atom. The molecule has 0 unspecified atom stereocenters. The van der Waals surface area contributed by atoms with Crippen molar-refractivity contribution in [3.05, 3.63) is 47.9 Å². The molecular formula is C16H23O. The van der Waals surface area contributed by atoms with Crippen LogP contribution >= 0.6 is 0 Å². The van der Waals surface area contributed by atoms with Gasteiger partial charge in [0.2, 0.25) is 0 Å². The van der Waals surface area contributed by atoms with Gasteiger partial charge in [-0.15, -0.1) is 0 Å². The van der Waals surface area contributed by atoms with Gasteiger partial charge in [0.15, 0.2) is 0 Å². The predicted octanol–water partition coefficient (Wildman–Crippen LogP) is 4.34. The van der Waals surface area contributed by atoms with E-state index in [1.54, 1.807) is 0 Å². The average Bonchev–Trinajstić information content (AvgIpc) is 2.26. The molecule has 1 rings (SSSR count). The molecule has 1 heteroatoms. The Bertz CT molecular complexity index is 332. The Morgan fingerprint density at radius 3 is 2.47 bits per heavy atom. The first kappa shape index (κ1) is 14.0. The largest absolute Gasteiger partial charge is 0.377 e. The zero-order valence-electron chi connectivity index (χ0n) is 11.0. The van der Waals surface area contributed by atoms with Crippen LogP contribution in [0.5, 0.6) is 0 Å². The fourth-order valence-electron chi connectivity index (χ4n) is 1.82. The number of hydrogen-bond donors (Lipinski definition) is 0. The normalized spacial score (nSPS) is 11.2. The van der Waals surface area contributed by atoms with Crippen molar-refractivity contribution < 1.29 is 4.74 Å². The van der Waals surface area contributed by atoms with E-state index in [1.807, 2.05) is 0 Å². The van der Waals surface area contributed by atoms with Gasteiger partial charge in [-0.3, -0.25) is 0 Å². The molecule has 0 saturated carbocycles. The van der Waals surface area contributed by atoms with Gasteiger partial charge >= 0.3 is 0 Å². The van der Waals surface area contributed by atoms with Crippen molar-refractivity contribution in [1.82, 2.24) is 0 Å². The average molecular weight is 231 g/mol. The molecule has 0 N–H and O–H groups in total. The first-order valence-electron chi connectivity index (χ1n) is 6.34. The second-order valence-electron chi connectivity index (χ2n) is 4.46. The highest BCUT2D eigenvalue weighted by molar-refractivity contribution is 5.51. The maximum absolute atomic E-state index is 5.50. The van der Waals surface area contributed by atoms with Crippen LogP contribution in [0.2, 0.25) is 0 Å². The van der Waals surface area contributed by atoms with Gasteiger partial charge in [-0.25, -0.2) is 0 Å². The minimum atomic E-state index is 0.699. The molecule has 0 fully saturated rings. The molecule has 0 aromatic heterocycles. The van der Waals surface area contributed by atoms with Crippen molar-refractivity contribution in [1.29, 1.82) is 0 Å². The zero-order chi connectivity index (χ0) is 12.5. The second-order valence-corrected chi connectivity index (χ2v) is 4.46. The summed E-state index contributed by atoms with van der Waals surface area (Å²) in [5, 5.41) is 0. The van der Waals surface area contributed by atoms with Gasteiger partial charge in [0.25, 0.3) is 0 Å². The Labute approximate surface area is 106 Å². The van der Waals surface area contributed by atoms with Crippen LogP contribution in [0.3, 0.4) is 0 Å². The zero-order valence-corrected chi connectivity index (χ0v) is 11.0. The maximum atomic E-state index is 5.50. The van der Waals surface area contributed by atoms with E-state index >= 15 is 0 Å². The molecule has 0 aliphatic carbocycles. The van der Waals surface area contributed by atoms with Gasteiger partial charge in [-0.2, -0.15) is 0 Å². The van der Waals surface area contributed by atoms with E-state index < -0.39 is 0 Å². The van der Waals surface area contributed by atoms with Crippen molar-refractivity contribution in [3.8, 4) is 0 Å². The molecule has 0 aliphatic heterocycles. The molecule has 1 aromatic rings. The first-order chi connectivity index (χ1) is 8.22. The molecule has 0 saturated heterocycles. The lowest BCUT2D eigenvalue weighted by atomic mass is 10.1. The van der Waals surface area contributed by atoms with Crippen LogP contribution in [0, 0.1) is 20.8 Å². The maximum Gasteiger partial charge on any atom is 0.0650 e. The SMILES string of the molecule is [CH2]CCCCOC/C=C/c1cc(C)cc(C)c1. The smallest absolute Gasteiger partial charge is 0.0650 e. The van der Waals surface area contributed by atoms with E-state index in [0.717, 1.165) is 25.9 Å². The van der Waals surface area contributed by atoms with Crippen LogP contribution in [-0.2, 0) is 4.74 Å². The lowest BCUT2D eigenvalue weighted by Gasteiger charge is -2.01. The fraction of sp³-hybridized carbons (Fsp3) is 0.438. The Kier molecular flexibility index (Phi) is 6.64. The van der Waals surface area contributed by atoms with Crippen LogP contribution < -0.4 is 0 Å². The number of rotatable bonds is 7. The number of hydrogen-bond acceptors (Lipinski definition) is 1. The van der Waals surface area contributed by atoms with Crippen molar-refractivity contribution in [3.63, 3.8) is 0 Å². The van der Waals surface area contributed by atoms with Crippen LogP contribution in [0.25, 0.3) is 6.08 Å². The quantitative estimate of drug-likeness (QED) is 0.634. The highest BCUT2D eigenvalue weighted by Gasteiger charge is 1.91. The van der Waals surface area contributed by atoms with E-state index in [2.05, 4.69) is 51.1 Å². The van der Waals surface area contributed by atoms with E-state index in [1.165, 1.54) is 16.7 Å². The first-order valence-corrected chi connectivity index (χ1v) is 6.34. The van der Waals surface area contributed by atoms with Gasteiger partial charge in [0, 0.05) is 6.61 Å². The molecule has 1 aromatic carbocycles. The van der Waals surface area contributed by atoms with Crippen molar-refractivity contribution in [2.45, 2.75) is 33.1 Å². The summed E-state index contributed by atoms with van der Waals surface area (Å²) in [6.45, 7) is 9.59. The highest BCUT2D eigenvalue weighted by atomic mass is 16.5. The van der Waals surface area contributed by atoms with Gasteiger partial charge in [0.05, 0.1) is 6.61 Å². The second kappa shape index (κ2) is 8.08. The molecule has 17 heavy (non-hydrogen) atoms. The molecule has 0 bridgehead atoms. The lowest BCUT2D eigenvalue weighted by molar-refractivity contribution is 0.158. The number of unbranched alkanes of at least 4 members (excludes halogenated alkanes) is 2. The van der Waals surface area contributed by atoms with Gasteiger partial charge in [-0.1, -0.05) is 61.2 Å². The Morgan fingerprint density at radius 2 is 1.82 bits per heavy atom. The Hall–Kier alpha value is -1.08. The third kappa shape index (κ3) is 6.28. The summed E-state index contributed by atoms with van der Waals surface area (Å²) < 4.78 is 5.50. The molecule has 0 atom stereocenters. The van der Waals surface area contributed by atoms with Gasteiger partial charge in [-0.05, 0) is 25.8 Å². The highest BCUT2D eigenvalue weighted by Crippen LogP contribution is 2.10. The van der Waals surface area contributed by atoms with Gasteiger partial charge < -0.3 is 4.74 Å². The van der Waals surface area contributed by atoms with E-state index in [4.69, 9.17) is 4.74 Å². The monoisotopic (exact) mass is 231 g/mol. The molecule has 0 spiro atoms. The lowest BCUT2D eigenvalue weighted by Crippen LogP contribution is -1.93. The van der Waals surface area contributed by atoms with Crippen LogP contribution in [0.15, 0.2) is 24.3 Å². The van der Waals surface area contributed by atoms with E-state index in [-0.39, 0.29) is 0 Å². The molecule has 1 radical (unpaired) electrons. The van der Waals surface area contributed by atoms with Crippen molar-refractivity contribution in [2.75, 3.05) is 13.2 Å². The minimum absolute atomic E-state index is 0.699. The third-order valence-electron chi connectivity index (χ3n) is 2.56. The summed E-state index contributed by atoms with van der Waals surface area (Å²) in [7, 11) is 0. The van der Waals surface area contributed by atoms with Crippen molar-refractivity contribution >= 4 is 6.08 Å². The number of benzene rings is 1. The third-order valence-corrected chi connectivity index (χ3v) is 2.56. The topological polar surface area (TPSA) is 9.23 Å². The van der Waals surface area contributed by atoms with Crippen LogP contribution in [0.4, 0.5) is 0 Å². The fourth-order valence-corrected chi connectivity index (χ4v) is 1.82. The van der Waals surface area contributed by atoms with E-state index in [9.17, 15) is 0 Å².